The Morgan fingerprint density at radius 1 is 1.12 bits per heavy atom. The number of rotatable bonds is 3. The lowest BCUT2D eigenvalue weighted by atomic mass is 9.78. The molecule has 1 aromatic rings. The van der Waals surface area contributed by atoms with E-state index in [0.29, 0.717) is 17.5 Å². The molecule has 0 spiro atoms. The Hall–Kier alpha value is -1.40. The highest BCUT2D eigenvalue weighted by Crippen LogP contribution is 2.36. The molecular formula is C18H26N2O3S. The van der Waals surface area contributed by atoms with Crippen LogP contribution in [-0.2, 0) is 10.0 Å². The SMILES string of the molecule is CN(C)S(=O)(=O)c1cccc(C(=O)N2CCCC3CCCCC32)c1. The molecule has 24 heavy (non-hydrogen) atoms. The van der Waals surface area contributed by atoms with Gasteiger partial charge < -0.3 is 4.90 Å². The summed E-state index contributed by atoms with van der Waals surface area (Å²) in [5.74, 6) is 0.590. The first-order valence-corrected chi connectivity index (χ1v) is 10.2. The lowest BCUT2D eigenvalue weighted by Crippen LogP contribution is -2.49. The summed E-state index contributed by atoms with van der Waals surface area (Å²) in [5, 5.41) is 0. The Morgan fingerprint density at radius 3 is 2.58 bits per heavy atom. The van der Waals surface area contributed by atoms with Gasteiger partial charge >= 0.3 is 0 Å². The van der Waals surface area contributed by atoms with Crippen LogP contribution in [0.3, 0.4) is 0 Å². The molecular weight excluding hydrogens is 324 g/mol. The highest BCUT2D eigenvalue weighted by atomic mass is 32.2. The normalized spacial score (nSPS) is 24.7. The summed E-state index contributed by atoms with van der Waals surface area (Å²) in [7, 11) is -0.522. The molecule has 1 aliphatic carbocycles. The van der Waals surface area contributed by atoms with Crippen molar-refractivity contribution in [3.8, 4) is 0 Å². The first-order valence-electron chi connectivity index (χ1n) is 8.75. The number of piperidine rings is 1. The Morgan fingerprint density at radius 2 is 1.83 bits per heavy atom. The van der Waals surface area contributed by atoms with Crippen LogP contribution < -0.4 is 0 Å². The van der Waals surface area contributed by atoms with Gasteiger partial charge in [0.25, 0.3) is 5.91 Å². The van der Waals surface area contributed by atoms with Crippen LogP contribution in [0.5, 0.6) is 0 Å². The van der Waals surface area contributed by atoms with Gasteiger partial charge in [-0.3, -0.25) is 4.79 Å². The van der Waals surface area contributed by atoms with Gasteiger partial charge in [0, 0.05) is 32.2 Å². The third-order valence-electron chi connectivity index (χ3n) is 5.36. The first kappa shape index (κ1) is 17.4. The van der Waals surface area contributed by atoms with Crippen molar-refractivity contribution in [3.05, 3.63) is 29.8 Å². The lowest BCUT2D eigenvalue weighted by Gasteiger charge is -2.44. The van der Waals surface area contributed by atoms with Crippen molar-refractivity contribution < 1.29 is 13.2 Å². The van der Waals surface area contributed by atoms with Crippen LogP contribution in [0.2, 0.25) is 0 Å². The van der Waals surface area contributed by atoms with Gasteiger partial charge in [0.05, 0.1) is 4.90 Å². The largest absolute Gasteiger partial charge is 0.335 e. The molecule has 2 atom stereocenters. The molecule has 0 aromatic heterocycles. The molecule has 2 fully saturated rings. The lowest BCUT2D eigenvalue weighted by molar-refractivity contribution is 0.0390. The molecule has 2 unspecified atom stereocenters. The summed E-state index contributed by atoms with van der Waals surface area (Å²) in [6, 6.07) is 6.78. The summed E-state index contributed by atoms with van der Waals surface area (Å²) in [6.45, 7) is 0.782. The van der Waals surface area contributed by atoms with E-state index in [1.54, 1.807) is 18.2 Å². The fourth-order valence-electron chi connectivity index (χ4n) is 4.04. The van der Waals surface area contributed by atoms with Gasteiger partial charge in [0.1, 0.15) is 0 Å². The zero-order valence-electron chi connectivity index (χ0n) is 14.4. The third kappa shape index (κ3) is 3.22. The van der Waals surface area contributed by atoms with E-state index >= 15 is 0 Å². The van der Waals surface area contributed by atoms with Gasteiger partial charge in [-0.05, 0) is 49.8 Å². The van der Waals surface area contributed by atoms with Gasteiger partial charge in [-0.2, -0.15) is 0 Å². The van der Waals surface area contributed by atoms with Crippen LogP contribution >= 0.6 is 0 Å². The van der Waals surface area contributed by atoms with Crippen LogP contribution in [0.4, 0.5) is 0 Å². The smallest absolute Gasteiger partial charge is 0.254 e. The summed E-state index contributed by atoms with van der Waals surface area (Å²) in [4.78, 5) is 15.2. The zero-order chi connectivity index (χ0) is 17.3. The van der Waals surface area contributed by atoms with Crippen molar-refractivity contribution in [1.82, 2.24) is 9.21 Å². The number of likely N-dealkylation sites (tertiary alicyclic amines) is 1. The summed E-state index contributed by atoms with van der Waals surface area (Å²) in [6.07, 6.45) is 6.99. The average molecular weight is 350 g/mol. The van der Waals surface area contributed by atoms with E-state index in [0.717, 1.165) is 19.4 Å². The van der Waals surface area contributed by atoms with Crippen LogP contribution in [0.1, 0.15) is 48.9 Å². The van der Waals surface area contributed by atoms with Gasteiger partial charge in [0.15, 0.2) is 0 Å². The molecule has 2 aliphatic rings. The van der Waals surface area contributed by atoms with E-state index in [2.05, 4.69) is 0 Å². The molecule has 6 heteroatoms. The first-order chi connectivity index (χ1) is 11.4. The van der Waals surface area contributed by atoms with Crippen molar-refractivity contribution in [3.63, 3.8) is 0 Å². The molecule has 1 amide bonds. The van der Waals surface area contributed by atoms with Crippen LogP contribution in [0.25, 0.3) is 0 Å². The van der Waals surface area contributed by atoms with E-state index < -0.39 is 10.0 Å². The second-order valence-electron chi connectivity index (χ2n) is 7.07. The quantitative estimate of drug-likeness (QED) is 0.842. The minimum absolute atomic E-state index is 0.0255. The average Bonchev–Trinajstić information content (AvgIpc) is 2.60. The molecule has 5 nitrogen and oxygen atoms in total. The second-order valence-corrected chi connectivity index (χ2v) is 9.22. The molecule has 3 rings (SSSR count). The molecule has 0 bridgehead atoms. The maximum Gasteiger partial charge on any atom is 0.254 e. The number of benzene rings is 1. The van der Waals surface area contributed by atoms with E-state index in [9.17, 15) is 13.2 Å². The Labute approximate surface area is 144 Å². The van der Waals surface area contributed by atoms with E-state index in [4.69, 9.17) is 0 Å². The summed E-state index contributed by atoms with van der Waals surface area (Å²) < 4.78 is 25.8. The number of amides is 1. The predicted octanol–water partition coefficient (Wildman–Crippen LogP) is 2.73. The third-order valence-corrected chi connectivity index (χ3v) is 7.17. The number of hydrogen-bond donors (Lipinski definition) is 0. The maximum atomic E-state index is 13.0. The van der Waals surface area contributed by atoms with E-state index in [-0.39, 0.29) is 10.8 Å². The van der Waals surface area contributed by atoms with Crippen molar-refractivity contribution in [2.75, 3.05) is 20.6 Å². The monoisotopic (exact) mass is 350 g/mol. The minimum atomic E-state index is -3.52. The number of carbonyl (C=O) groups is 1. The molecule has 1 heterocycles. The Kier molecular flexibility index (Phi) is 4.97. The van der Waals surface area contributed by atoms with Gasteiger partial charge in [-0.1, -0.05) is 18.9 Å². The van der Waals surface area contributed by atoms with Gasteiger partial charge in [0.2, 0.25) is 10.0 Å². The highest BCUT2D eigenvalue weighted by molar-refractivity contribution is 7.89. The number of sulfonamides is 1. The molecule has 0 radical (unpaired) electrons. The summed E-state index contributed by atoms with van der Waals surface area (Å²) in [5.41, 5.74) is 0.476. The van der Waals surface area contributed by atoms with E-state index in [1.165, 1.54) is 50.2 Å². The standard InChI is InChI=1S/C18H26N2O3S/c1-19(2)24(22,23)16-10-5-8-15(13-16)18(21)20-12-6-9-14-7-3-4-11-17(14)20/h5,8,10,13-14,17H,3-4,6-7,9,11-12H2,1-2H3. The predicted molar refractivity (Wildman–Crippen MR) is 93.3 cm³/mol. The van der Waals surface area contributed by atoms with Crippen molar-refractivity contribution in [2.24, 2.45) is 5.92 Å². The maximum absolute atomic E-state index is 13.0. The molecule has 1 aliphatic heterocycles. The van der Waals surface area contributed by atoms with Crippen LogP contribution in [0, 0.1) is 5.92 Å². The number of fused-ring (bicyclic) bond motifs is 1. The van der Waals surface area contributed by atoms with E-state index in [1.807, 2.05) is 4.90 Å². The number of carbonyl (C=O) groups excluding carboxylic acids is 1. The second kappa shape index (κ2) is 6.84. The molecule has 1 saturated carbocycles. The molecule has 1 saturated heterocycles. The Balaban J connectivity index is 1.87. The molecule has 1 aromatic carbocycles. The van der Waals surface area contributed by atoms with Gasteiger partial charge in [-0.15, -0.1) is 0 Å². The fraction of sp³-hybridized carbons (Fsp3) is 0.611. The highest BCUT2D eigenvalue weighted by Gasteiger charge is 2.36. The zero-order valence-corrected chi connectivity index (χ0v) is 15.3. The topological polar surface area (TPSA) is 57.7 Å². The summed E-state index contributed by atoms with van der Waals surface area (Å²) >= 11 is 0. The molecule has 0 N–H and O–H groups in total. The fourth-order valence-corrected chi connectivity index (χ4v) is 4.99. The van der Waals surface area contributed by atoms with Crippen molar-refractivity contribution in [2.45, 2.75) is 49.5 Å². The van der Waals surface area contributed by atoms with Crippen LogP contribution in [-0.4, -0.2) is 50.2 Å². The van der Waals surface area contributed by atoms with Crippen molar-refractivity contribution in [1.29, 1.82) is 0 Å². The van der Waals surface area contributed by atoms with Gasteiger partial charge in [-0.25, -0.2) is 12.7 Å². The van der Waals surface area contributed by atoms with Crippen LogP contribution in [0.15, 0.2) is 29.2 Å². The number of nitrogens with zero attached hydrogens (tertiary/aromatic N) is 2. The van der Waals surface area contributed by atoms with Crippen molar-refractivity contribution >= 4 is 15.9 Å². The minimum Gasteiger partial charge on any atom is -0.335 e. The Bertz CT molecular complexity index is 713. The number of hydrogen-bond acceptors (Lipinski definition) is 3. The molecule has 132 valence electrons.